The summed E-state index contributed by atoms with van der Waals surface area (Å²) in [7, 11) is 0. The summed E-state index contributed by atoms with van der Waals surface area (Å²) in [6.45, 7) is 1.08. The molecule has 0 aliphatic carbocycles. The molecule has 1 aliphatic heterocycles. The molecule has 0 radical (unpaired) electrons. The summed E-state index contributed by atoms with van der Waals surface area (Å²) in [5, 5.41) is 9.16. The van der Waals surface area contributed by atoms with Crippen LogP contribution in [0.3, 0.4) is 0 Å². The van der Waals surface area contributed by atoms with E-state index in [0.29, 0.717) is 18.8 Å². The Balaban J connectivity index is 1.55. The van der Waals surface area contributed by atoms with Crippen LogP contribution in [0.15, 0.2) is 54.6 Å². The van der Waals surface area contributed by atoms with Crippen molar-refractivity contribution in [1.29, 1.82) is 0 Å². The lowest BCUT2D eigenvalue weighted by molar-refractivity contribution is -0.141. The number of nitrogens with zero attached hydrogens (tertiary/aromatic N) is 3. The van der Waals surface area contributed by atoms with Gasteiger partial charge in [0, 0.05) is 13.1 Å². The number of amides is 1. The average Bonchev–Trinajstić information content (AvgIpc) is 3.33. The van der Waals surface area contributed by atoms with E-state index in [1.165, 1.54) is 0 Å². The predicted molar refractivity (Wildman–Crippen MR) is 103 cm³/mol. The topological polar surface area (TPSA) is 84.7 Å². The van der Waals surface area contributed by atoms with Crippen LogP contribution in [0, 0.1) is 5.92 Å². The van der Waals surface area contributed by atoms with Crippen molar-refractivity contribution in [2.75, 3.05) is 13.1 Å². The van der Waals surface area contributed by atoms with Crippen LogP contribution in [-0.4, -0.2) is 44.5 Å². The quantitative estimate of drug-likeness (QED) is 0.711. The minimum absolute atomic E-state index is 0.104. The third-order valence-electron chi connectivity index (χ3n) is 5.03. The number of hydrogen-bond acceptors (Lipinski definition) is 4. The number of likely N-dealkylation sites (tertiary alicyclic amines) is 1. The smallest absolute Gasteiger partial charge is 0.308 e. The zero-order valence-corrected chi connectivity index (χ0v) is 15.3. The summed E-state index contributed by atoms with van der Waals surface area (Å²) in [5.41, 5.74) is 1.66. The summed E-state index contributed by atoms with van der Waals surface area (Å²) >= 11 is 0. The number of aliphatic carboxylic acids is 1. The average molecular weight is 379 g/mol. The molecule has 3 aromatic rings. The highest BCUT2D eigenvalue weighted by Crippen LogP contribution is 2.21. The minimum atomic E-state index is -0.847. The van der Waals surface area contributed by atoms with Crippen molar-refractivity contribution in [1.82, 2.24) is 14.5 Å². The van der Waals surface area contributed by atoms with Gasteiger partial charge >= 0.3 is 5.97 Å². The van der Waals surface area contributed by atoms with Gasteiger partial charge in [0.1, 0.15) is 24.7 Å². The number of ether oxygens (including phenoxy) is 1. The second-order valence-electron chi connectivity index (χ2n) is 6.87. The number of rotatable bonds is 6. The number of carboxylic acids is 1. The van der Waals surface area contributed by atoms with E-state index in [0.717, 1.165) is 16.8 Å². The zero-order chi connectivity index (χ0) is 19.5. The maximum absolute atomic E-state index is 12.8. The number of aromatic nitrogens is 2. The van der Waals surface area contributed by atoms with Crippen LogP contribution in [0.4, 0.5) is 0 Å². The molecule has 7 heteroatoms. The van der Waals surface area contributed by atoms with Gasteiger partial charge in [-0.1, -0.05) is 30.3 Å². The van der Waals surface area contributed by atoms with Gasteiger partial charge in [0.2, 0.25) is 5.91 Å². The number of benzene rings is 2. The van der Waals surface area contributed by atoms with Crippen molar-refractivity contribution in [3.63, 3.8) is 0 Å². The number of fused-ring (bicyclic) bond motifs is 1. The molecule has 2 heterocycles. The van der Waals surface area contributed by atoms with Crippen LogP contribution >= 0.6 is 0 Å². The molecular weight excluding hydrogens is 358 g/mol. The Kier molecular flexibility index (Phi) is 4.97. The summed E-state index contributed by atoms with van der Waals surface area (Å²) in [4.78, 5) is 30.2. The molecule has 2 aromatic carbocycles. The second-order valence-corrected chi connectivity index (χ2v) is 6.87. The van der Waals surface area contributed by atoms with Crippen molar-refractivity contribution >= 4 is 22.9 Å². The monoisotopic (exact) mass is 379 g/mol. The number of carboxylic acid groups (broad SMARTS) is 1. The van der Waals surface area contributed by atoms with Crippen molar-refractivity contribution in [2.24, 2.45) is 5.92 Å². The fraction of sp³-hybridized carbons (Fsp3) is 0.286. The van der Waals surface area contributed by atoms with Crippen LogP contribution in [0.2, 0.25) is 0 Å². The molecule has 0 bridgehead atoms. The van der Waals surface area contributed by atoms with Crippen molar-refractivity contribution in [3.8, 4) is 5.75 Å². The Labute approximate surface area is 162 Å². The van der Waals surface area contributed by atoms with Gasteiger partial charge < -0.3 is 19.3 Å². The lowest BCUT2D eigenvalue weighted by Crippen LogP contribution is -2.33. The van der Waals surface area contributed by atoms with Gasteiger partial charge in [0.05, 0.1) is 17.0 Å². The van der Waals surface area contributed by atoms with Gasteiger partial charge in [-0.05, 0) is 30.7 Å². The molecule has 1 saturated heterocycles. The van der Waals surface area contributed by atoms with E-state index in [9.17, 15) is 9.59 Å². The van der Waals surface area contributed by atoms with E-state index in [1.54, 1.807) is 4.90 Å². The summed E-state index contributed by atoms with van der Waals surface area (Å²) in [6.07, 6.45) is 0.496. The molecule has 0 spiro atoms. The maximum atomic E-state index is 12.8. The van der Waals surface area contributed by atoms with Crippen LogP contribution in [0.5, 0.6) is 5.75 Å². The molecule has 4 rings (SSSR count). The van der Waals surface area contributed by atoms with Crippen LogP contribution < -0.4 is 4.74 Å². The van der Waals surface area contributed by atoms with Crippen molar-refractivity contribution in [2.45, 2.75) is 19.6 Å². The summed E-state index contributed by atoms with van der Waals surface area (Å²) in [6, 6.07) is 17.1. The Morgan fingerprint density at radius 3 is 2.61 bits per heavy atom. The van der Waals surface area contributed by atoms with Crippen molar-refractivity contribution in [3.05, 3.63) is 60.4 Å². The highest BCUT2D eigenvalue weighted by atomic mass is 16.5. The van der Waals surface area contributed by atoms with Gasteiger partial charge in [0.15, 0.2) is 0 Å². The fourth-order valence-corrected chi connectivity index (χ4v) is 3.50. The first-order valence-electron chi connectivity index (χ1n) is 9.24. The van der Waals surface area contributed by atoms with Gasteiger partial charge in [0.25, 0.3) is 0 Å². The van der Waals surface area contributed by atoms with E-state index >= 15 is 0 Å². The molecule has 1 aliphatic rings. The SMILES string of the molecule is O=C(O)[C@H]1CCN(C(=O)Cn2c(COc3ccccc3)nc3ccccc32)C1. The fourth-order valence-electron chi connectivity index (χ4n) is 3.50. The van der Waals surface area contributed by atoms with Gasteiger partial charge in [-0.2, -0.15) is 0 Å². The lowest BCUT2D eigenvalue weighted by atomic mass is 10.1. The van der Waals surface area contributed by atoms with Gasteiger partial charge in [-0.3, -0.25) is 9.59 Å². The Morgan fingerprint density at radius 1 is 1.11 bits per heavy atom. The molecular formula is C21H21N3O4. The van der Waals surface area contributed by atoms with E-state index in [-0.39, 0.29) is 25.6 Å². The van der Waals surface area contributed by atoms with Gasteiger partial charge in [-0.15, -0.1) is 0 Å². The predicted octanol–water partition coefficient (Wildman–Crippen LogP) is 2.55. The third-order valence-corrected chi connectivity index (χ3v) is 5.03. The molecule has 1 aromatic heterocycles. The molecule has 1 N–H and O–H groups in total. The Morgan fingerprint density at radius 2 is 1.86 bits per heavy atom. The minimum Gasteiger partial charge on any atom is -0.486 e. The molecule has 7 nitrogen and oxygen atoms in total. The standard InChI is InChI=1S/C21H21N3O4/c25-20(23-11-10-15(12-23)21(26)27)13-24-18-9-5-4-8-17(18)22-19(24)14-28-16-6-2-1-3-7-16/h1-9,15H,10-14H2,(H,26,27)/t15-/m0/s1. The van der Waals surface area contributed by atoms with Crippen LogP contribution in [0.1, 0.15) is 12.2 Å². The Bertz CT molecular complexity index is 999. The van der Waals surface area contributed by atoms with E-state index in [1.807, 2.05) is 59.2 Å². The third kappa shape index (κ3) is 3.69. The van der Waals surface area contributed by atoms with Crippen LogP contribution in [0.25, 0.3) is 11.0 Å². The lowest BCUT2D eigenvalue weighted by Gasteiger charge is -2.17. The van der Waals surface area contributed by atoms with E-state index in [2.05, 4.69) is 4.98 Å². The number of para-hydroxylation sites is 3. The zero-order valence-electron chi connectivity index (χ0n) is 15.3. The molecule has 0 saturated carbocycles. The number of imidazole rings is 1. The molecule has 1 amide bonds. The van der Waals surface area contributed by atoms with Crippen molar-refractivity contribution < 1.29 is 19.4 Å². The highest BCUT2D eigenvalue weighted by Gasteiger charge is 2.31. The number of carbonyl (C=O) groups is 2. The first kappa shape index (κ1) is 18.0. The first-order chi connectivity index (χ1) is 13.6. The molecule has 144 valence electrons. The molecule has 1 fully saturated rings. The van der Waals surface area contributed by atoms with Crippen LogP contribution in [-0.2, 0) is 22.7 Å². The molecule has 28 heavy (non-hydrogen) atoms. The second kappa shape index (κ2) is 7.72. The number of carbonyl (C=O) groups excluding carboxylic acids is 1. The molecule has 0 unspecified atom stereocenters. The van der Waals surface area contributed by atoms with E-state index < -0.39 is 11.9 Å². The summed E-state index contributed by atoms with van der Waals surface area (Å²) in [5.74, 6) is -0.0405. The van der Waals surface area contributed by atoms with E-state index in [4.69, 9.17) is 9.84 Å². The first-order valence-corrected chi connectivity index (χ1v) is 9.24. The van der Waals surface area contributed by atoms with Gasteiger partial charge in [-0.25, -0.2) is 4.98 Å². The largest absolute Gasteiger partial charge is 0.486 e. The molecule has 1 atom stereocenters. The maximum Gasteiger partial charge on any atom is 0.308 e. The Hall–Kier alpha value is -3.35. The summed E-state index contributed by atoms with van der Waals surface area (Å²) < 4.78 is 7.69. The highest BCUT2D eigenvalue weighted by molar-refractivity contribution is 5.82. The normalized spacial score (nSPS) is 16.4. The number of hydrogen-bond donors (Lipinski definition) is 1.